The van der Waals surface area contributed by atoms with Gasteiger partial charge in [0, 0.05) is 12.7 Å². The third-order valence-corrected chi connectivity index (χ3v) is 3.38. The van der Waals surface area contributed by atoms with Crippen LogP contribution in [0.4, 0.5) is 5.69 Å². The predicted octanol–water partition coefficient (Wildman–Crippen LogP) is 4.37. The third-order valence-electron chi connectivity index (χ3n) is 3.38. The maximum atomic E-state index is 12.8. The Morgan fingerprint density at radius 3 is 2.23 bits per heavy atom. The van der Waals surface area contributed by atoms with Crippen molar-refractivity contribution >= 4 is 11.6 Å². The monoisotopic (exact) mass is 297 g/mol. The molecule has 3 heteroatoms. The van der Waals surface area contributed by atoms with E-state index in [9.17, 15) is 4.79 Å². The molecule has 2 aromatic carbocycles. The first-order valence-electron chi connectivity index (χ1n) is 7.50. The molecule has 0 saturated heterocycles. The maximum absolute atomic E-state index is 12.8. The minimum Gasteiger partial charge on any atom is -0.490 e. The number of anilines is 1. The lowest BCUT2D eigenvalue weighted by Crippen LogP contribution is -2.27. The molecule has 116 valence electrons. The zero-order valence-electron chi connectivity index (χ0n) is 13.9. The Morgan fingerprint density at radius 1 is 1.05 bits per heavy atom. The first-order valence-corrected chi connectivity index (χ1v) is 7.50. The second-order valence-corrected chi connectivity index (χ2v) is 5.87. The molecule has 0 atom stereocenters. The summed E-state index contributed by atoms with van der Waals surface area (Å²) in [5.41, 5.74) is 3.75. The van der Waals surface area contributed by atoms with Crippen molar-refractivity contribution in [3.05, 3.63) is 59.2 Å². The fourth-order valence-corrected chi connectivity index (χ4v) is 2.44. The van der Waals surface area contributed by atoms with Crippen molar-refractivity contribution < 1.29 is 9.53 Å². The SMILES string of the molecule is Cc1cc(C)cc(N(C)C(=O)c2ccccc2OC(C)C)c1. The number of hydrogen-bond acceptors (Lipinski definition) is 2. The van der Waals surface area contributed by atoms with Gasteiger partial charge in [-0.25, -0.2) is 0 Å². The molecule has 0 unspecified atom stereocenters. The van der Waals surface area contributed by atoms with Gasteiger partial charge in [-0.3, -0.25) is 4.79 Å². The average molecular weight is 297 g/mol. The van der Waals surface area contributed by atoms with Gasteiger partial charge in [-0.2, -0.15) is 0 Å². The van der Waals surface area contributed by atoms with Gasteiger partial charge in [0.25, 0.3) is 5.91 Å². The van der Waals surface area contributed by atoms with E-state index in [2.05, 4.69) is 6.07 Å². The van der Waals surface area contributed by atoms with Crippen LogP contribution >= 0.6 is 0 Å². The lowest BCUT2D eigenvalue weighted by molar-refractivity contribution is 0.0987. The molecule has 0 aliphatic heterocycles. The topological polar surface area (TPSA) is 29.5 Å². The van der Waals surface area contributed by atoms with Crippen molar-refractivity contribution in [3.63, 3.8) is 0 Å². The normalized spacial score (nSPS) is 10.6. The molecule has 22 heavy (non-hydrogen) atoms. The summed E-state index contributed by atoms with van der Waals surface area (Å²) in [5, 5.41) is 0. The van der Waals surface area contributed by atoms with Crippen molar-refractivity contribution in [3.8, 4) is 5.75 Å². The van der Waals surface area contributed by atoms with E-state index in [1.165, 1.54) is 0 Å². The van der Waals surface area contributed by atoms with Crippen LogP contribution in [0, 0.1) is 13.8 Å². The Kier molecular flexibility index (Phi) is 4.86. The molecule has 0 aromatic heterocycles. The molecule has 1 amide bonds. The second kappa shape index (κ2) is 6.65. The lowest BCUT2D eigenvalue weighted by atomic mass is 10.1. The van der Waals surface area contributed by atoms with Crippen LogP contribution in [0.15, 0.2) is 42.5 Å². The second-order valence-electron chi connectivity index (χ2n) is 5.87. The minimum atomic E-state index is -0.0683. The molecule has 0 aliphatic carbocycles. The van der Waals surface area contributed by atoms with E-state index in [1.54, 1.807) is 18.0 Å². The van der Waals surface area contributed by atoms with E-state index < -0.39 is 0 Å². The van der Waals surface area contributed by atoms with Gasteiger partial charge in [-0.15, -0.1) is 0 Å². The Morgan fingerprint density at radius 2 is 1.64 bits per heavy atom. The largest absolute Gasteiger partial charge is 0.490 e. The maximum Gasteiger partial charge on any atom is 0.261 e. The Hall–Kier alpha value is -2.29. The van der Waals surface area contributed by atoms with E-state index in [-0.39, 0.29) is 12.0 Å². The van der Waals surface area contributed by atoms with Gasteiger partial charge < -0.3 is 9.64 Å². The number of hydrogen-bond donors (Lipinski definition) is 0. The highest BCUT2D eigenvalue weighted by atomic mass is 16.5. The first-order chi connectivity index (χ1) is 10.4. The molecule has 2 aromatic rings. The number of amides is 1. The molecule has 0 saturated carbocycles. The van der Waals surface area contributed by atoms with Crippen LogP contribution in [0.3, 0.4) is 0 Å². The number of carbonyl (C=O) groups excluding carboxylic acids is 1. The highest BCUT2D eigenvalue weighted by Crippen LogP contribution is 2.24. The molecule has 0 aliphatic rings. The smallest absolute Gasteiger partial charge is 0.261 e. The van der Waals surface area contributed by atoms with E-state index in [0.29, 0.717) is 11.3 Å². The van der Waals surface area contributed by atoms with Gasteiger partial charge in [-0.05, 0) is 63.1 Å². The van der Waals surface area contributed by atoms with Gasteiger partial charge >= 0.3 is 0 Å². The number of ether oxygens (including phenoxy) is 1. The fourth-order valence-electron chi connectivity index (χ4n) is 2.44. The summed E-state index contributed by atoms with van der Waals surface area (Å²) in [4.78, 5) is 14.5. The summed E-state index contributed by atoms with van der Waals surface area (Å²) in [7, 11) is 1.79. The quantitative estimate of drug-likeness (QED) is 0.838. The fraction of sp³-hybridized carbons (Fsp3) is 0.316. The number of aryl methyl sites for hydroxylation is 2. The van der Waals surface area contributed by atoms with E-state index >= 15 is 0 Å². The summed E-state index contributed by atoms with van der Waals surface area (Å²) in [5.74, 6) is 0.556. The molecular weight excluding hydrogens is 274 g/mol. The number of benzene rings is 2. The average Bonchev–Trinajstić information content (AvgIpc) is 2.44. The van der Waals surface area contributed by atoms with Gasteiger partial charge in [0.2, 0.25) is 0 Å². The van der Waals surface area contributed by atoms with Crippen LogP contribution in [-0.2, 0) is 0 Å². The van der Waals surface area contributed by atoms with E-state index in [4.69, 9.17) is 4.74 Å². The molecule has 0 bridgehead atoms. The van der Waals surface area contributed by atoms with Crippen LogP contribution in [0.25, 0.3) is 0 Å². The van der Waals surface area contributed by atoms with Crippen molar-refractivity contribution in [1.29, 1.82) is 0 Å². The number of rotatable bonds is 4. The van der Waals surface area contributed by atoms with Crippen LogP contribution < -0.4 is 9.64 Å². The molecule has 3 nitrogen and oxygen atoms in total. The van der Waals surface area contributed by atoms with Crippen molar-refractivity contribution in [1.82, 2.24) is 0 Å². The molecule has 0 spiro atoms. The van der Waals surface area contributed by atoms with E-state index in [0.717, 1.165) is 16.8 Å². The van der Waals surface area contributed by atoms with Crippen molar-refractivity contribution in [2.24, 2.45) is 0 Å². The van der Waals surface area contributed by atoms with Gasteiger partial charge in [0.05, 0.1) is 11.7 Å². The van der Waals surface area contributed by atoms with Crippen LogP contribution in [0.2, 0.25) is 0 Å². The highest BCUT2D eigenvalue weighted by Gasteiger charge is 2.18. The van der Waals surface area contributed by atoms with Crippen molar-refractivity contribution in [2.45, 2.75) is 33.8 Å². The van der Waals surface area contributed by atoms with Gasteiger partial charge in [0.15, 0.2) is 0 Å². The molecule has 0 N–H and O–H groups in total. The van der Waals surface area contributed by atoms with E-state index in [1.807, 2.05) is 58.0 Å². The van der Waals surface area contributed by atoms with Gasteiger partial charge in [-0.1, -0.05) is 18.2 Å². The summed E-state index contributed by atoms with van der Waals surface area (Å²) < 4.78 is 5.75. The molecule has 2 rings (SSSR count). The van der Waals surface area contributed by atoms with Gasteiger partial charge in [0.1, 0.15) is 5.75 Å². The zero-order chi connectivity index (χ0) is 16.3. The standard InChI is InChI=1S/C19H23NO2/c1-13(2)22-18-9-7-6-8-17(18)19(21)20(5)16-11-14(3)10-15(4)12-16/h6-13H,1-5H3. The predicted molar refractivity (Wildman–Crippen MR) is 90.9 cm³/mol. The highest BCUT2D eigenvalue weighted by molar-refractivity contribution is 6.07. The zero-order valence-corrected chi connectivity index (χ0v) is 13.9. The molecular formula is C19H23NO2. The van der Waals surface area contributed by atoms with Crippen LogP contribution in [0.1, 0.15) is 35.3 Å². The first kappa shape index (κ1) is 16.1. The van der Waals surface area contributed by atoms with Crippen LogP contribution in [0.5, 0.6) is 5.75 Å². The number of para-hydroxylation sites is 1. The summed E-state index contributed by atoms with van der Waals surface area (Å²) >= 11 is 0. The lowest BCUT2D eigenvalue weighted by Gasteiger charge is -2.21. The number of nitrogens with zero attached hydrogens (tertiary/aromatic N) is 1. The Bertz CT molecular complexity index is 657. The third kappa shape index (κ3) is 3.67. The summed E-state index contributed by atoms with van der Waals surface area (Å²) in [6, 6.07) is 13.5. The van der Waals surface area contributed by atoms with Crippen LogP contribution in [-0.4, -0.2) is 19.1 Å². The summed E-state index contributed by atoms with van der Waals surface area (Å²) in [6.45, 7) is 7.97. The Labute approximate surface area is 132 Å². The number of carbonyl (C=O) groups is 1. The molecule has 0 radical (unpaired) electrons. The Balaban J connectivity index is 2.35. The minimum absolute atomic E-state index is 0.0282. The summed E-state index contributed by atoms with van der Waals surface area (Å²) in [6.07, 6.45) is 0.0282. The molecule has 0 heterocycles. The van der Waals surface area contributed by atoms with Crippen molar-refractivity contribution in [2.75, 3.05) is 11.9 Å². The molecule has 0 fully saturated rings.